The Morgan fingerprint density at radius 1 is 1.31 bits per heavy atom. The lowest BCUT2D eigenvalue weighted by atomic mass is 10.0. The topological polar surface area (TPSA) is 52.7 Å². The summed E-state index contributed by atoms with van der Waals surface area (Å²) in [4.78, 5) is 27.9. The van der Waals surface area contributed by atoms with Gasteiger partial charge in [-0.25, -0.2) is 8.78 Å². The first-order valence-corrected chi connectivity index (χ1v) is 9.19. The van der Waals surface area contributed by atoms with Gasteiger partial charge in [0.1, 0.15) is 0 Å². The molecule has 1 N–H and O–H groups in total. The van der Waals surface area contributed by atoms with Crippen molar-refractivity contribution in [1.29, 1.82) is 0 Å². The lowest BCUT2D eigenvalue weighted by Gasteiger charge is -2.30. The minimum absolute atomic E-state index is 0.161. The average molecular weight is 367 g/mol. The maximum Gasteiger partial charge on any atom is 0.316 e. The van der Waals surface area contributed by atoms with E-state index in [0.29, 0.717) is 12.5 Å². The van der Waals surface area contributed by atoms with E-state index >= 15 is 0 Å². The summed E-state index contributed by atoms with van der Waals surface area (Å²) in [5, 5.41) is 2.62. The molecule has 0 bridgehead atoms. The Kier molecular flexibility index (Phi) is 7.50. The Hall–Kier alpha value is -2.02. The van der Waals surface area contributed by atoms with Crippen LogP contribution < -0.4 is 10.2 Å². The maximum absolute atomic E-state index is 13.4. The molecule has 144 valence electrons. The van der Waals surface area contributed by atoms with Gasteiger partial charge in [0, 0.05) is 31.4 Å². The molecule has 2 rings (SSSR count). The summed E-state index contributed by atoms with van der Waals surface area (Å²) in [7, 11) is 0. The predicted octanol–water partition coefficient (Wildman–Crippen LogP) is 2.56. The van der Waals surface area contributed by atoms with Crippen LogP contribution in [0.15, 0.2) is 18.2 Å². The fourth-order valence-corrected chi connectivity index (χ4v) is 3.29. The molecular formula is C19H27F2N3O2. The average Bonchev–Trinajstić information content (AvgIpc) is 2.62. The third-order valence-electron chi connectivity index (χ3n) is 4.65. The summed E-state index contributed by atoms with van der Waals surface area (Å²) < 4.78 is 26.4. The molecule has 26 heavy (non-hydrogen) atoms. The van der Waals surface area contributed by atoms with Crippen LogP contribution in [0.25, 0.3) is 0 Å². The van der Waals surface area contributed by atoms with Crippen LogP contribution in [0, 0.1) is 17.6 Å². The van der Waals surface area contributed by atoms with Crippen molar-refractivity contribution >= 4 is 17.5 Å². The molecule has 1 fully saturated rings. The van der Waals surface area contributed by atoms with Crippen LogP contribution in [0.4, 0.5) is 14.5 Å². The molecule has 2 amide bonds. The van der Waals surface area contributed by atoms with Crippen molar-refractivity contribution in [2.45, 2.75) is 33.1 Å². The van der Waals surface area contributed by atoms with Crippen molar-refractivity contribution in [3.05, 3.63) is 29.8 Å². The van der Waals surface area contributed by atoms with Crippen molar-refractivity contribution < 1.29 is 18.4 Å². The zero-order valence-corrected chi connectivity index (χ0v) is 15.4. The molecule has 0 unspecified atom stereocenters. The summed E-state index contributed by atoms with van der Waals surface area (Å²) >= 11 is 0. The highest BCUT2D eigenvalue weighted by Crippen LogP contribution is 2.18. The van der Waals surface area contributed by atoms with Gasteiger partial charge in [-0.2, -0.15) is 0 Å². The molecule has 0 saturated carbocycles. The normalized spacial score (nSPS) is 17.8. The number of amides is 2. The van der Waals surface area contributed by atoms with Crippen LogP contribution in [0.1, 0.15) is 33.1 Å². The van der Waals surface area contributed by atoms with Crippen LogP contribution >= 0.6 is 0 Å². The molecular weight excluding hydrogens is 340 g/mol. The van der Waals surface area contributed by atoms with Gasteiger partial charge in [-0.15, -0.1) is 0 Å². The standard InChI is InChI=1S/C19H27F2N3O2/c1-3-24(15-7-8-16(20)17(21)12-15)19(26)18(25)22-9-5-11-23-10-4-6-14(2)13-23/h7-8,12,14H,3-6,9-11,13H2,1-2H3,(H,22,25)/t14-/m0/s1. The van der Waals surface area contributed by atoms with Gasteiger partial charge in [-0.3, -0.25) is 9.59 Å². The van der Waals surface area contributed by atoms with Gasteiger partial charge in [0.15, 0.2) is 11.6 Å². The summed E-state index contributed by atoms with van der Waals surface area (Å²) in [6, 6.07) is 3.14. The largest absolute Gasteiger partial charge is 0.348 e. The zero-order valence-electron chi connectivity index (χ0n) is 15.4. The summed E-state index contributed by atoms with van der Waals surface area (Å²) in [5.74, 6) is -2.85. The monoisotopic (exact) mass is 367 g/mol. The van der Waals surface area contributed by atoms with E-state index in [1.54, 1.807) is 6.92 Å². The van der Waals surface area contributed by atoms with Gasteiger partial charge in [-0.05, 0) is 57.3 Å². The van der Waals surface area contributed by atoms with Crippen LogP contribution in [-0.2, 0) is 9.59 Å². The third kappa shape index (κ3) is 5.49. The number of carbonyl (C=O) groups excluding carboxylic acids is 2. The van der Waals surface area contributed by atoms with E-state index in [1.807, 2.05) is 0 Å². The molecule has 1 saturated heterocycles. The number of likely N-dealkylation sites (N-methyl/N-ethyl adjacent to an activating group) is 1. The van der Waals surface area contributed by atoms with Gasteiger partial charge in [-0.1, -0.05) is 6.92 Å². The number of likely N-dealkylation sites (tertiary alicyclic amines) is 1. The Morgan fingerprint density at radius 2 is 2.08 bits per heavy atom. The van der Waals surface area contributed by atoms with Crippen molar-refractivity contribution in [2.24, 2.45) is 5.92 Å². The maximum atomic E-state index is 13.4. The fraction of sp³-hybridized carbons (Fsp3) is 0.579. The first-order valence-electron chi connectivity index (χ1n) is 9.19. The van der Waals surface area contributed by atoms with Crippen molar-refractivity contribution in [3.63, 3.8) is 0 Å². The highest BCUT2D eigenvalue weighted by atomic mass is 19.2. The number of halogens is 2. The number of benzene rings is 1. The molecule has 1 aromatic carbocycles. The Labute approximate surface area is 153 Å². The van der Waals surface area contributed by atoms with E-state index in [0.717, 1.165) is 43.1 Å². The number of hydrogen-bond acceptors (Lipinski definition) is 3. The van der Waals surface area contributed by atoms with Crippen LogP contribution in [0.5, 0.6) is 0 Å². The number of carbonyl (C=O) groups is 2. The van der Waals surface area contributed by atoms with E-state index in [1.165, 1.54) is 18.9 Å². The highest BCUT2D eigenvalue weighted by molar-refractivity contribution is 6.40. The van der Waals surface area contributed by atoms with Crippen LogP contribution in [0.3, 0.4) is 0 Å². The van der Waals surface area contributed by atoms with E-state index in [2.05, 4.69) is 17.1 Å². The van der Waals surface area contributed by atoms with Crippen LogP contribution in [0.2, 0.25) is 0 Å². The number of piperidine rings is 1. The van der Waals surface area contributed by atoms with E-state index < -0.39 is 23.4 Å². The fourth-order valence-electron chi connectivity index (χ4n) is 3.29. The molecule has 1 heterocycles. The Morgan fingerprint density at radius 3 is 2.73 bits per heavy atom. The van der Waals surface area contributed by atoms with Gasteiger partial charge in [0.2, 0.25) is 0 Å². The first kappa shape index (κ1) is 20.3. The van der Waals surface area contributed by atoms with Crippen molar-refractivity contribution in [2.75, 3.05) is 37.6 Å². The van der Waals surface area contributed by atoms with Gasteiger partial charge < -0.3 is 15.1 Å². The highest BCUT2D eigenvalue weighted by Gasteiger charge is 2.23. The molecule has 1 aliphatic heterocycles. The second-order valence-corrected chi connectivity index (χ2v) is 6.81. The van der Waals surface area contributed by atoms with E-state index in [9.17, 15) is 18.4 Å². The minimum atomic E-state index is -1.05. The molecule has 0 aromatic heterocycles. The minimum Gasteiger partial charge on any atom is -0.348 e. The second kappa shape index (κ2) is 9.62. The van der Waals surface area contributed by atoms with Crippen molar-refractivity contribution in [3.8, 4) is 0 Å². The lowest BCUT2D eigenvalue weighted by Crippen LogP contribution is -2.44. The quantitative estimate of drug-likeness (QED) is 0.621. The molecule has 0 spiro atoms. The smallest absolute Gasteiger partial charge is 0.316 e. The number of rotatable bonds is 6. The molecule has 1 atom stereocenters. The first-order chi connectivity index (χ1) is 12.4. The molecule has 7 heteroatoms. The summed E-state index contributed by atoms with van der Waals surface area (Å²) in [6.07, 6.45) is 3.23. The SMILES string of the molecule is CCN(C(=O)C(=O)NCCCN1CCC[C@H](C)C1)c1ccc(F)c(F)c1. The van der Waals surface area contributed by atoms with Gasteiger partial charge in [0.05, 0.1) is 0 Å². The molecule has 0 radical (unpaired) electrons. The Bertz CT molecular complexity index is 639. The lowest BCUT2D eigenvalue weighted by molar-refractivity contribution is -0.137. The second-order valence-electron chi connectivity index (χ2n) is 6.81. The molecule has 1 aromatic rings. The zero-order chi connectivity index (χ0) is 19.1. The van der Waals surface area contributed by atoms with E-state index in [-0.39, 0.29) is 12.2 Å². The summed E-state index contributed by atoms with van der Waals surface area (Å²) in [6.45, 7) is 7.55. The number of hydrogen-bond donors (Lipinski definition) is 1. The summed E-state index contributed by atoms with van der Waals surface area (Å²) in [5.41, 5.74) is 0.161. The number of nitrogens with zero attached hydrogens (tertiary/aromatic N) is 2. The number of anilines is 1. The van der Waals surface area contributed by atoms with E-state index in [4.69, 9.17) is 0 Å². The number of nitrogens with one attached hydrogen (secondary N) is 1. The Balaban J connectivity index is 1.81. The molecule has 5 nitrogen and oxygen atoms in total. The molecule has 1 aliphatic rings. The van der Waals surface area contributed by atoms with Crippen LogP contribution in [-0.4, -0.2) is 49.4 Å². The third-order valence-corrected chi connectivity index (χ3v) is 4.65. The van der Waals surface area contributed by atoms with Gasteiger partial charge in [0.25, 0.3) is 0 Å². The van der Waals surface area contributed by atoms with Crippen molar-refractivity contribution in [1.82, 2.24) is 10.2 Å². The predicted molar refractivity (Wildman–Crippen MR) is 96.8 cm³/mol. The van der Waals surface area contributed by atoms with Gasteiger partial charge >= 0.3 is 11.8 Å². The molecule has 0 aliphatic carbocycles.